The number of carbonyl (C=O) groups is 2. The largest absolute Gasteiger partial charge is 0.495 e. The molecule has 3 aromatic carbocycles. The number of anilines is 1. The summed E-state index contributed by atoms with van der Waals surface area (Å²) in [5.74, 6) is -1.24. The lowest BCUT2D eigenvalue weighted by Gasteiger charge is -2.13. The molecule has 0 bridgehead atoms. The number of methoxy groups -OCH3 is 1. The number of hydrogen-bond acceptors (Lipinski definition) is 7. The minimum Gasteiger partial charge on any atom is -0.495 e. The number of nitro groups is 1. The molecule has 0 aromatic heterocycles. The Balaban J connectivity index is 1.74. The van der Waals surface area contributed by atoms with Gasteiger partial charge in [-0.25, -0.2) is 8.42 Å². The van der Waals surface area contributed by atoms with Gasteiger partial charge in [0.15, 0.2) is 0 Å². The first-order valence-electron chi connectivity index (χ1n) is 9.74. The van der Waals surface area contributed by atoms with E-state index in [4.69, 9.17) is 4.74 Å². The molecule has 0 unspecified atom stereocenters. The number of sulfonamides is 1. The zero-order valence-electron chi connectivity index (χ0n) is 18.1. The van der Waals surface area contributed by atoms with Crippen LogP contribution in [-0.2, 0) is 10.0 Å². The average Bonchev–Trinajstić information content (AvgIpc) is 2.82. The van der Waals surface area contributed by atoms with Crippen molar-refractivity contribution in [3.05, 3.63) is 93.5 Å². The minimum absolute atomic E-state index is 0.00633. The maximum Gasteiger partial charge on any atom is 0.273 e. The van der Waals surface area contributed by atoms with Gasteiger partial charge in [-0.15, -0.1) is 0 Å². The van der Waals surface area contributed by atoms with Gasteiger partial charge in [-0.3, -0.25) is 35.3 Å². The Morgan fingerprint density at radius 3 is 2.32 bits per heavy atom. The molecule has 0 radical (unpaired) electrons. The topological polar surface area (TPSA) is 157 Å². The number of ether oxygens (including phenoxy) is 1. The number of nitro benzene ring substituents is 1. The third-order valence-electron chi connectivity index (χ3n) is 4.79. The van der Waals surface area contributed by atoms with E-state index >= 15 is 0 Å². The summed E-state index contributed by atoms with van der Waals surface area (Å²) in [6, 6.07) is 15.6. The van der Waals surface area contributed by atoms with E-state index < -0.39 is 26.8 Å². The van der Waals surface area contributed by atoms with Crippen LogP contribution in [0, 0.1) is 17.0 Å². The first-order valence-corrected chi connectivity index (χ1v) is 11.2. The summed E-state index contributed by atoms with van der Waals surface area (Å²) in [5, 5.41) is 11.1. The van der Waals surface area contributed by atoms with E-state index in [0.29, 0.717) is 5.75 Å². The van der Waals surface area contributed by atoms with Gasteiger partial charge in [-0.05, 0) is 43.3 Å². The van der Waals surface area contributed by atoms with Crippen molar-refractivity contribution >= 4 is 33.2 Å². The summed E-state index contributed by atoms with van der Waals surface area (Å²) in [6.07, 6.45) is 0. The molecule has 0 saturated carbocycles. The lowest BCUT2D eigenvalue weighted by molar-refractivity contribution is -0.385. The average molecular weight is 484 g/mol. The number of nitrogens with zero attached hydrogens (tertiary/aromatic N) is 1. The number of para-hydroxylation sites is 2. The van der Waals surface area contributed by atoms with Crippen LogP contribution in [0.4, 0.5) is 11.4 Å². The van der Waals surface area contributed by atoms with E-state index in [9.17, 15) is 28.1 Å². The third kappa shape index (κ3) is 5.30. The zero-order chi connectivity index (χ0) is 24.9. The van der Waals surface area contributed by atoms with Crippen LogP contribution >= 0.6 is 0 Å². The number of hydrogen-bond donors (Lipinski definition) is 3. The van der Waals surface area contributed by atoms with Crippen LogP contribution in [0.5, 0.6) is 5.75 Å². The highest BCUT2D eigenvalue weighted by Gasteiger charge is 2.20. The van der Waals surface area contributed by atoms with Crippen molar-refractivity contribution in [2.45, 2.75) is 11.8 Å². The fraction of sp³-hybridized carbons (Fsp3) is 0.0909. The Morgan fingerprint density at radius 2 is 1.62 bits per heavy atom. The molecule has 3 rings (SSSR count). The molecule has 0 heterocycles. The van der Waals surface area contributed by atoms with Crippen molar-refractivity contribution in [2.75, 3.05) is 11.8 Å². The van der Waals surface area contributed by atoms with Crippen molar-refractivity contribution < 1.29 is 27.7 Å². The number of rotatable bonds is 7. The molecular formula is C22H20N4O7S. The second kappa shape index (κ2) is 10.0. The van der Waals surface area contributed by atoms with Crippen LogP contribution < -0.4 is 20.3 Å². The Kier molecular flexibility index (Phi) is 7.12. The van der Waals surface area contributed by atoms with Crippen LogP contribution in [0.15, 0.2) is 71.6 Å². The summed E-state index contributed by atoms with van der Waals surface area (Å²) in [6.45, 7) is 1.41. The SMILES string of the molecule is COc1ccccc1NS(=O)(=O)c1cccc(C(=O)NNC(=O)c2cccc([N+](=O)[O-])c2C)c1. The van der Waals surface area contributed by atoms with Gasteiger partial charge in [0, 0.05) is 17.2 Å². The maximum atomic E-state index is 12.8. The van der Waals surface area contributed by atoms with E-state index in [1.807, 2.05) is 0 Å². The van der Waals surface area contributed by atoms with Gasteiger partial charge < -0.3 is 4.74 Å². The van der Waals surface area contributed by atoms with Crippen molar-refractivity contribution in [3.8, 4) is 5.75 Å². The molecule has 0 aliphatic rings. The van der Waals surface area contributed by atoms with E-state index in [1.54, 1.807) is 18.2 Å². The molecule has 34 heavy (non-hydrogen) atoms. The molecule has 2 amide bonds. The van der Waals surface area contributed by atoms with E-state index in [2.05, 4.69) is 15.6 Å². The standard InChI is InChI=1S/C22H20N4O7S/c1-14-17(9-6-11-19(14)26(29)30)22(28)24-23-21(27)15-7-5-8-16(13-15)34(31,32)25-18-10-3-4-12-20(18)33-2/h3-13,25H,1-2H3,(H,23,27)(H,24,28). The van der Waals surface area contributed by atoms with Gasteiger partial charge in [0.05, 0.1) is 28.2 Å². The molecule has 0 saturated heterocycles. The van der Waals surface area contributed by atoms with Gasteiger partial charge in [-0.2, -0.15) is 0 Å². The molecule has 11 nitrogen and oxygen atoms in total. The lowest BCUT2D eigenvalue weighted by atomic mass is 10.1. The second-order valence-corrected chi connectivity index (χ2v) is 8.63. The molecule has 3 aromatic rings. The monoisotopic (exact) mass is 484 g/mol. The van der Waals surface area contributed by atoms with Gasteiger partial charge in [0.2, 0.25) is 0 Å². The summed E-state index contributed by atoms with van der Waals surface area (Å²) in [5.41, 5.74) is 4.43. The molecule has 12 heteroatoms. The Bertz CT molecular complexity index is 1370. The predicted molar refractivity (Wildman–Crippen MR) is 123 cm³/mol. The zero-order valence-corrected chi connectivity index (χ0v) is 18.9. The van der Waals surface area contributed by atoms with Gasteiger partial charge >= 0.3 is 0 Å². The summed E-state index contributed by atoms with van der Waals surface area (Å²) in [4.78, 5) is 35.2. The van der Waals surface area contributed by atoms with Crippen molar-refractivity contribution in [1.29, 1.82) is 0 Å². The quantitative estimate of drug-likeness (QED) is 0.344. The van der Waals surface area contributed by atoms with Crippen LogP contribution in [0.25, 0.3) is 0 Å². The maximum absolute atomic E-state index is 12.8. The minimum atomic E-state index is -4.06. The molecule has 0 aliphatic heterocycles. The first kappa shape index (κ1) is 24.2. The van der Waals surface area contributed by atoms with E-state index in [1.165, 1.54) is 56.5 Å². The molecular weight excluding hydrogens is 464 g/mol. The second-order valence-electron chi connectivity index (χ2n) is 6.95. The van der Waals surface area contributed by atoms with Gasteiger partial charge in [0.1, 0.15) is 5.75 Å². The number of hydrazine groups is 1. The molecule has 0 spiro atoms. The summed E-state index contributed by atoms with van der Waals surface area (Å²) < 4.78 is 33.1. The highest BCUT2D eigenvalue weighted by atomic mass is 32.2. The van der Waals surface area contributed by atoms with Crippen LogP contribution in [0.1, 0.15) is 26.3 Å². The molecule has 176 valence electrons. The van der Waals surface area contributed by atoms with Gasteiger partial charge in [0.25, 0.3) is 27.5 Å². The lowest BCUT2D eigenvalue weighted by Crippen LogP contribution is -2.42. The predicted octanol–water partition coefficient (Wildman–Crippen LogP) is 2.79. The Morgan fingerprint density at radius 1 is 0.941 bits per heavy atom. The number of amides is 2. The van der Waals surface area contributed by atoms with Gasteiger partial charge in [-0.1, -0.05) is 24.3 Å². The van der Waals surface area contributed by atoms with Crippen LogP contribution in [0.2, 0.25) is 0 Å². The van der Waals surface area contributed by atoms with Crippen LogP contribution in [-0.4, -0.2) is 32.3 Å². The highest BCUT2D eigenvalue weighted by molar-refractivity contribution is 7.92. The van der Waals surface area contributed by atoms with Crippen LogP contribution in [0.3, 0.4) is 0 Å². The molecule has 0 fully saturated rings. The smallest absolute Gasteiger partial charge is 0.273 e. The van der Waals surface area contributed by atoms with E-state index in [0.717, 1.165) is 6.07 Å². The van der Waals surface area contributed by atoms with Crippen molar-refractivity contribution in [2.24, 2.45) is 0 Å². The highest BCUT2D eigenvalue weighted by Crippen LogP contribution is 2.26. The number of benzene rings is 3. The first-order chi connectivity index (χ1) is 16.1. The molecule has 3 N–H and O–H groups in total. The van der Waals surface area contributed by atoms with Crippen molar-refractivity contribution in [1.82, 2.24) is 10.9 Å². The summed E-state index contributed by atoms with van der Waals surface area (Å²) >= 11 is 0. The number of nitrogens with one attached hydrogen (secondary N) is 3. The number of carbonyl (C=O) groups excluding carboxylic acids is 2. The molecule has 0 atom stereocenters. The fourth-order valence-corrected chi connectivity index (χ4v) is 4.17. The Labute approximate surface area is 194 Å². The van der Waals surface area contributed by atoms with Crippen molar-refractivity contribution in [3.63, 3.8) is 0 Å². The fourth-order valence-electron chi connectivity index (χ4n) is 3.06. The third-order valence-corrected chi connectivity index (χ3v) is 6.16. The Hall–Kier alpha value is -4.45. The summed E-state index contributed by atoms with van der Waals surface area (Å²) in [7, 11) is -2.65. The normalized spacial score (nSPS) is 10.8. The van der Waals surface area contributed by atoms with E-state index in [-0.39, 0.29) is 33.0 Å². The molecule has 0 aliphatic carbocycles.